The van der Waals surface area contributed by atoms with Crippen molar-refractivity contribution in [2.24, 2.45) is 0 Å². The van der Waals surface area contributed by atoms with Crippen LogP contribution in [0, 0.1) is 6.92 Å². The Morgan fingerprint density at radius 1 is 1.18 bits per heavy atom. The van der Waals surface area contributed by atoms with Crippen LogP contribution in [-0.4, -0.2) is 16.6 Å². The van der Waals surface area contributed by atoms with Crippen molar-refractivity contribution < 1.29 is 9.53 Å². The number of nitrogens with zero attached hydrogens (tertiary/aromatic N) is 1. The molecule has 1 amide bonds. The van der Waals surface area contributed by atoms with E-state index in [0.29, 0.717) is 18.2 Å². The third-order valence-electron chi connectivity index (χ3n) is 4.72. The molecule has 0 aliphatic heterocycles. The van der Waals surface area contributed by atoms with Crippen molar-refractivity contribution in [2.75, 3.05) is 5.32 Å². The van der Waals surface area contributed by atoms with Crippen LogP contribution < -0.4 is 14.9 Å². The Bertz CT molecular complexity index is 1070. The quantitative estimate of drug-likeness (QED) is 0.641. The molecule has 2 aromatic carbocycles. The summed E-state index contributed by atoms with van der Waals surface area (Å²) in [6.07, 6.45) is -0.644. The van der Waals surface area contributed by atoms with Crippen LogP contribution in [0.3, 0.4) is 0 Å². The predicted molar refractivity (Wildman–Crippen MR) is 116 cm³/mol. The number of rotatable bonds is 6. The van der Waals surface area contributed by atoms with Crippen LogP contribution in [0.25, 0.3) is 10.2 Å². The van der Waals surface area contributed by atoms with Crippen LogP contribution in [0.15, 0.2) is 41.2 Å². The topological polar surface area (TPSA) is 60.3 Å². The molecule has 5 nitrogen and oxygen atoms in total. The normalized spacial score (nSPS) is 12.4. The van der Waals surface area contributed by atoms with Crippen molar-refractivity contribution in [1.29, 1.82) is 0 Å². The lowest BCUT2D eigenvalue weighted by atomic mass is 10.0. The fraction of sp³-hybridized carbons (Fsp3) is 0.364. The molecule has 0 spiro atoms. The van der Waals surface area contributed by atoms with Gasteiger partial charge in [0.05, 0.1) is 10.2 Å². The zero-order valence-electron chi connectivity index (χ0n) is 16.9. The summed E-state index contributed by atoms with van der Waals surface area (Å²) < 4.78 is 8.57. The number of anilines is 1. The minimum Gasteiger partial charge on any atom is -0.481 e. The maximum Gasteiger partial charge on any atom is 0.308 e. The second kappa shape index (κ2) is 8.19. The first-order valence-corrected chi connectivity index (χ1v) is 10.3. The van der Waals surface area contributed by atoms with Gasteiger partial charge in [0.1, 0.15) is 5.75 Å². The SMILES string of the molecule is CCn1c(=O)sc2cc(NC(=O)C(C)Oc3cc(C)ccc3C(C)C)ccc21. The van der Waals surface area contributed by atoms with Gasteiger partial charge in [0.25, 0.3) is 5.91 Å². The maximum absolute atomic E-state index is 12.6. The Kier molecular flexibility index (Phi) is 5.89. The first-order chi connectivity index (χ1) is 13.3. The summed E-state index contributed by atoms with van der Waals surface area (Å²) in [7, 11) is 0. The van der Waals surface area contributed by atoms with Crippen LogP contribution in [0.1, 0.15) is 44.7 Å². The molecule has 0 bridgehead atoms. The molecule has 0 saturated carbocycles. The highest BCUT2D eigenvalue weighted by atomic mass is 32.1. The third kappa shape index (κ3) is 4.12. The molecule has 6 heteroatoms. The number of thiazole rings is 1. The van der Waals surface area contributed by atoms with Gasteiger partial charge in [0.15, 0.2) is 6.10 Å². The highest BCUT2D eigenvalue weighted by Gasteiger charge is 2.18. The second-order valence-electron chi connectivity index (χ2n) is 7.24. The lowest BCUT2D eigenvalue weighted by Crippen LogP contribution is -2.30. The van der Waals surface area contributed by atoms with Gasteiger partial charge in [-0.2, -0.15) is 0 Å². The number of ether oxygens (including phenoxy) is 1. The van der Waals surface area contributed by atoms with Gasteiger partial charge in [-0.25, -0.2) is 0 Å². The first-order valence-electron chi connectivity index (χ1n) is 9.51. The molecule has 1 unspecified atom stereocenters. The minimum atomic E-state index is -0.644. The van der Waals surface area contributed by atoms with Crippen molar-refractivity contribution in [3.8, 4) is 5.75 Å². The van der Waals surface area contributed by atoms with Gasteiger partial charge in [0.2, 0.25) is 0 Å². The predicted octanol–water partition coefficient (Wildman–Crippen LogP) is 4.92. The van der Waals surface area contributed by atoms with Crippen molar-refractivity contribution in [2.45, 2.75) is 53.2 Å². The third-order valence-corrected chi connectivity index (χ3v) is 5.66. The molecule has 0 aliphatic rings. The lowest BCUT2D eigenvalue weighted by molar-refractivity contribution is -0.122. The molecule has 3 aromatic rings. The van der Waals surface area contributed by atoms with Gasteiger partial charge >= 0.3 is 4.87 Å². The van der Waals surface area contributed by atoms with E-state index in [9.17, 15) is 9.59 Å². The van der Waals surface area contributed by atoms with Crippen molar-refractivity contribution >= 4 is 33.1 Å². The number of benzene rings is 2. The maximum atomic E-state index is 12.6. The number of hydrogen-bond acceptors (Lipinski definition) is 4. The molecule has 0 aliphatic carbocycles. The Labute approximate surface area is 169 Å². The van der Waals surface area contributed by atoms with Gasteiger partial charge in [0, 0.05) is 12.2 Å². The van der Waals surface area contributed by atoms with E-state index in [0.717, 1.165) is 27.1 Å². The number of fused-ring (bicyclic) bond motifs is 1. The highest BCUT2D eigenvalue weighted by Crippen LogP contribution is 2.28. The number of carbonyl (C=O) groups is 1. The molecule has 1 N–H and O–H groups in total. The van der Waals surface area contributed by atoms with Crippen molar-refractivity contribution in [1.82, 2.24) is 4.57 Å². The van der Waals surface area contributed by atoms with E-state index in [-0.39, 0.29) is 10.8 Å². The Hall–Kier alpha value is -2.60. The molecule has 3 rings (SSSR count). The molecular weight excluding hydrogens is 372 g/mol. The lowest BCUT2D eigenvalue weighted by Gasteiger charge is -2.19. The first kappa shape index (κ1) is 20.1. The number of amides is 1. The van der Waals surface area contributed by atoms with E-state index in [4.69, 9.17) is 4.74 Å². The fourth-order valence-electron chi connectivity index (χ4n) is 3.15. The van der Waals surface area contributed by atoms with Crippen LogP contribution in [0.5, 0.6) is 5.75 Å². The number of aromatic nitrogens is 1. The molecule has 0 radical (unpaired) electrons. The highest BCUT2D eigenvalue weighted by molar-refractivity contribution is 7.16. The van der Waals surface area contributed by atoms with E-state index >= 15 is 0 Å². The summed E-state index contributed by atoms with van der Waals surface area (Å²) in [5.74, 6) is 0.822. The molecule has 1 aromatic heterocycles. The van der Waals surface area contributed by atoms with E-state index in [1.165, 1.54) is 11.3 Å². The summed E-state index contributed by atoms with van der Waals surface area (Å²) in [6.45, 7) is 10.5. The summed E-state index contributed by atoms with van der Waals surface area (Å²) >= 11 is 1.19. The van der Waals surface area contributed by atoms with E-state index in [1.807, 2.05) is 44.2 Å². The summed E-state index contributed by atoms with van der Waals surface area (Å²) in [5, 5.41) is 2.90. The van der Waals surface area contributed by atoms with E-state index in [2.05, 4.69) is 25.2 Å². The Balaban J connectivity index is 1.77. The van der Waals surface area contributed by atoms with Gasteiger partial charge in [-0.3, -0.25) is 14.2 Å². The summed E-state index contributed by atoms with van der Waals surface area (Å²) in [4.78, 5) is 24.7. The molecular formula is C22H26N2O3S. The van der Waals surface area contributed by atoms with Crippen LogP contribution in [0.2, 0.25) is 0 Å². The monoisotopic (exact) mass is 398 g/mol. The molecule has 0 fully saturated rings. The molecule has 1 heterocycles. The zero-order chi connectivity index (χ0) is 20.4. The second-order valence-corrected chi connectivity index (χ2v) is 8.23. The van der Waals surface area contributed by atoms with Crippen LogP contribution in [-0.2, 0) is 11.3 Å². The van der Waals surface area contributed by atoms with Crippen molar-refractivity contribution in [3.05, 3.63) is 57.2 Å². The Morgan fingerprint density at radius 3 is 2.61 bits per heavy atom. The average Bonchev–Trinajstić information content (AvgIpc) is 2.95. The molecule has 1 atom stereocenters. The zero-order valence-corrected chi connectivity index (χ0v) is 17.7. The molecule has 148 valence electrons. The number of carbonyl (C=O) groups excluding carboxylic acids is 1. The molecule has 0 saturated heterocycles. The smallest absolute Gasteiger partial charge is 0.308 e. The van der Waals surface area contributed by atoms with Gasteiger partial charge in [-0.1, -0.05) is 37.3 Å². The van der Waals surface area contributed by atoms with Crippen molar-refractivity contribution in [3.63, 3.8) is 0 Å². The van der Waals surface area contributed by atoms with E-state index < -0.39 is 6.10 Å². The summed E-state index contributed by atoms with van der Waals surface area (Å²) in [6, 6.07) is 11.6. The van der Waals surface area contributed by atoms with Crippen LogP contribution >= 0.6 is 11.3 Å². The van der Waals surface area contributed by atoms with Crippen LogP contribution in [0.4, 0.5) is 5.69 Å². The van der Waals surface area contributed by atoms with E-state index in [1.54, 1.807) is 11.5 Å². The Morgan fingerprint density at radius 2 is 1.93 bits per heavy atom. The number of aryl methyl sites for hydroxylation is 2. The minimum absolute atomic E-state index is 0.0124. The average molecular weight is 399 g/mol. The number of nitrogens with one attached hydrogen (secondary N) is 1. The van der Waals surface area contributed by atoms with Gasteiger partial charge in [-0.15, -0.1) is 0 Å². The molecule has 28 heavy (non-hydrogen) atoms. The van der Waals surface area contributed by atoms with Gasteiger partial charge < -0.3 is 10.1 Å². The standard InChI is InChI=1S/C22H26N2O3S/c1-6-24-18-10-8-16(12-20(18)28-22(24)26)23-21(25)15(5)27-19-11-14(4)7-9-17(19)13(2)3/h7-13,15H,6H2,1-5H3,(H,23,25). The number of hydrogen-bond donors (Lipinski definition) is 1. The summed E-state index contributed by atoms with van der Waals surface area (Å²) in [5.41, 5.74) is 3.72. The largest absolute Gasteiger partial charge is 0.481 e. The fourth-order valence-corrected chi connectivity index (χ4v) is 4.15. The van der Waals surface area contributed by atoms with Gasteiger partial charge in [-0.05, 0) is 62.1 Å².